The number of aromatic nitrogens is 3. The molecule has 0 spiro atoms. The van der Waals surface area contributed by atoms with Crippen LogP contribution in [0.5, 0.6) is 0 Å². The van der Waals surface area contributed by atoms with E-state index in [0.29, 0.717) is 0 Å². The van der Waals surface area contributed by atoms with Gasteiger partial charge in [-0.3, -0.25) is 0 Å². The van der Waals surface area contributed by atoms with E-state index in [1.54, 1.807) is 0 Å². The number of anilines is 6. The third-order valence-electron chi connectivity index (χ3n) is 23.9. The van der Waals surface area contributed by atoms with Crippen LogP contribution in [0.1, 0.15) is 154 Å². The number of nitrogens with zero attached hydrogens (tertiary/aromatic N) is 5. The number of hydrogen-bond donors (Lipinski definition) is 0. The first kappa shape index (κ1) is 68.6. The molecule has 0 N–H and O–H groups in total. The van der Waals surface area contributed by atoms with Crippen LogP contribution in [-0.2, 0) is 27.1 Å². The molecule has 0 saturated heterocycles. The lowest BCUT2D eigenvalue weighted by atomic mass is 9.72. The van der Waals surface area contributed by atoms with Gasteiger partial charge in [0.1, 0.15) is 0 Å². The summed E-state index contributed by atoms with van der Waals surface area (Å²) in [6.45, 7) is 35.3. The SMILES string of the molecule is CC(C)(C)c1cccc(-c2ccc3c(c2)C2c4ccc(-n5c6ccc(C(C)(C)C)cc6c6cc(C(C)(C)C)ccc65)cc4N(c4c(-c5ccccc5)cc(C(C)(C)C)cc4-c4ccccc4)c4cc(C(C)(C)C)cc(c42)N3c2cccc3c4cccc(-n5c6ccccc6c6ccccc65)c4n(-c4ccccc4)c23)c1. The second-order valence-corrected chi connectivity index (χ2v) is 36.2. The molecule has 17 aromatic rings. The Bertz CT molecular complexity index is 6410. The summed E-state index contributed by atoms with van der Waals surface area (Å²) in [5.41, 5.74) is 33.7. The lowest BCUT2D eigenvalue weighted by Crippen LogP contribution is -2.31. The van der Waals surface area contributed by atoms with Gasteiger partial charge in [0.05, 0.1) is 72.9 Å². The molecule has 5 heterocycles. The van der Waals surface area contributed by atoms with Crippen molar-refractivity contribution in [3.05, 3.63) is 342 Å². The monoisotopic (exact) mass is 1430 g/mol. The average molecular weight is 1430 g/mol. The van der Waals surface area contributed by atoms with Gasteiger partial charge in [-0.2, -0.15) is 0 Å². The van der Waals surface area contributed by atoms with Gasteiger partial charge in [-0.05, 0) is 197 Å². The minimum Gasteiger partial charge on any atom is -0.309 e. The molecule has 0 fully saturated rings. The van der Waals surface area contributed by atoms with Crippen molar-refractivity contribution in [2.75, 3.05) is 9.80 Å². The molecule has 1 atom stereocenters. The molecule has 5 nitrogen and oxygen atoms in total. The fourth-order valence-corrected chi connectivity index (χ4v) is 18.1. The second-order valence-electron chi connectivity index (χ2n) is 36.2. The molecule has 540 valence electrons. The molecule has 3 aromatic heterocycles. The Balaban J connectivity index is 0.980. The number of hydrogen-bond acceptors (Lipinski definition) is 2. The van der Waals surface area contributed by atoms with Gasteiger partial charge >= 0.3 is 0 Å². The van der Waals surface area contributed by atoms with Gasteiger partial charge in [0.2, 0.25) is 0 Å². The Labute approximate surface area is 648 Å². The van der Waals surface area contributed by atoms with Gasteiger partial charge in [0.25, 0.3) is 0 Å². The molecule has 2 aliphatic rings. The van der Waals surface area contributed by atoms with Gasteiger partial charge in [-0.15, -0.1) is 0 Å². The van der Waals surface area contributed by atoms with E-state index in [4.69, 9.17) is 0 Å². The van der Waals surface area contributed by atoms with E-state index in [1.165, 1.54) is 121 Å². The summed E-state index contributed by atoms with van der Waals surface area (Å²) >= 11 is 0. The summed E-state index contributed by atoms with van der Waals surface area (Å²) < 4.78 is 7.68. The standard InChI is InChI=1S/C105H95N5/c1-101(2,3)69-37-29-36-67(56-69)68-48-53-90-85(57-68)96-80-52-51-75(106-88-54-49-70(102(4,5)6)58-83(88)84-59-71(103(7,8)9)50-55-89(84)106)64-93(80)110(98-81(65-32-19-16-20-33-65)60-72(104(10,11)12)61-82(98)66-34-21-17-22-35-66)95-63-73(105(13,14)15)62-94(97(95)96)109(90)92-47-31-43-79-78-42-30-46-91(99(78)107(100(79)92)74-38-23-18-24-39-74)108-86-44-27-25-40-76(86)77-41-26-28-45-87(77)108/h16-64,96H,1-15H3. The van der Waals surface area contributed by atoms with Gasteiger partial charge in [0, 0.05) is 66.3 Å². The maximum atomic E-state index is 2.75. The molecular formula is C105H95N5. The number of rotatable bonds is 8. The molecule has 0 saturated carbocycles. The Hall–Kier alpha value is -11.9. The smallest absolute Gasteiger partial charge is 0.0783 e. The summed E-state index contributed by atoms with van der Waals surface area (Å²) in [6, 6.07) is 115. The van der Waals surface area contributed by atoms with Crippen LogP contribution in [0.4, 0.5) is 34.1 Å². The highest BCUT2D eigenvalue weighted by molar-refractivity contribution is 6.19. The highest BCUT2D eigenvalue weighted by Crippen LogP contribution is 2.65. The summed E-state index contributed by atoms with van der Waals surface area (Å²) in [4.78, 5) is 5.45. The Morgan fingerprint density at radius 1 is 0.227 bits per heavy atom. The van der Waals surface area contributed by atoms with Crippen molar-refractivity contribution in [1.82, 2.24) is 13.7 Å². The molecule has 0 bridgehead atoms. The van der Waals surface area contributed by atoms with Crippen LogP contribution in [0.25, 0.3) is 116 Å². The van der Waals surface area contributed by atoms with Crippen molar-refractivity contribution in [2.45, 2.75) is 137 Å². The van der Waals surface area contributed by atoms with Gasteiger partial charge in [-0.25, -0.2) is 0 Å². The zero-order valence-corrected chi connectivity index (χ0v) is 66.1. The lowest BCUT2D eigenvalue weighted by molar-refractivity contribution is 0.589. The van der Waals surface area contributed by atoms with Crippen LogP contribution in [0.3, 0.4) is 0 Å². The quantitative estimate of drug-likeness (QED) is 0.151. The fraction of sp³-hybridized carbons (Fsp3) is 0.200. The average Bonchev–Trinajstić information content (AvgIpc) is 0.829. The zero-order valence-electron chi connectivity index (χ0n) is 66.1. The van der Waals surface area contributed by atoms with Gasteiger partial charge < -0.3 is 23.5 Å². The van der Waals surface area contributed by atoms with E-state index in [1.807, 2.05) is 0 Å². The molecule has 1 unspecified atom stereocenters. The number of fused-ring (bicyclic) bond motifs is 13. The van der Waals surface area contributed by atoms with Gasteiger partial charge in [0.15, 0.2) is 0 Å². The summed E-state index contributed by atoms with van der Waals surface area (Å²) in [5, 5.41) is 7.36. The largest absolute Gasteiger partial charge is 0.309 e. The molecular weight excluding hydrogens is 1330 g/mol. The summed E-state index contributed by atoms with van der Waals surface area (Å²) in [6.07, 6.45) is 0. The fourth-order valence-electron chi connectivity index (χ4n) is 18.1. The number of para-hydroxylation sites is 5. The van der Waals surface area contributed by atoms with Crippen molar-refractivity contribution in [1.29, 1.82) is 0 Å². The van der Waals surface area contributed by atoms with E-state index >= 15 is 0 Å². The highest BCUT2D eigenvalue weighted by atomic mass is 15.2. The van der Waals surface area contributed by atoms with Crippen LogP contribution in [-0.4, -0.2) is 13.7 Å². The van der Waals surface area contributed by atoms with Crippen molar-refractivity contribution in [3.63, 3.8) is 0 Å². The maximum absolute atomic E-state index is 2.75. The molecule has 0 radical (unpaired) electrons. The van der Waals surface area contributed by atoms with E-state index in [9.17, 15) is 0 Å². The first-order valence-electron chi connectivity index (χ1n) is 39.4. The van der Waals surface area contributed by atoms with Crippen LogP contribution in [0.2, 0.25) is 0 Å². The molecule has 0 amide bonds. The lowest BCUT2D eigenvalue weighted by Gasteiger charge is -2.47. The maximum Gasteiger partial charge on any atom is 0.0783 e. The zero-order chi connectivity index (χ0) is 75.8. The highest BCUT2D eigenvalue weighted by Gasteiger charge is 2.45. The normalized spacial score (nSPS) is 14.0. The van der Waals surface area contributed by atoms with E-state index in [2.05, 4.69) is 425 Å². The minimum absolute atomic E-state index is 0.0595. The molecule has 5 heteroatoms. The summed E-state index contributed by atoms with van der Waals surface area (Å²) in [5.74, 6) is -0.247. The van der Waals surface area contributed by atoms with E-state index in [0.717, 1.165) is 73.3 Å². The van der Waals surface area contributed by atoms with Crippen molar-refractivity contribution in [3.8, 4) is 50.4 Å². The minimum atomic E-state index is -0.327. The van der Waals surface area contributed by atoms with Crippen LogP contribution in [0, 0.1) is 0 Å². The molecule has 110 heavy (non-hydrogen) atoms. The van der Waals surface area contributed by atoms with Gasteiger partial charge in [-0.1, -0.05) is 292 Å². The first-order chi connectivity index (χ1) is 52.8. The van der Waals surface area contributed by atoms with Crippen LogP contribution >= 0.6 is 0 Å². The predicted molar refractivity (Wildman–Crippen MR) is 470 cm³/mol. The van der Waals surface area contributed by atoms with E-state index < -0.39 is 0 Å². The topological polar surface area (TPSA) is 21.3 Å². The first-order valence-corrected chi connectivity index (χ1v) is 39.4. The van der Waals surface area contributed by atoms with E-state index in [-0.39, 0.29) is 33.0 Å². The Kier molecular flexibility index (Phi) is 15.5. The third-order valence-corrected chi connectivity index (χ3v) is 23.9. The predicted octanol–water partition coefficient (Wildman–Crippen LogP) is 29.2. The third kappa shape index (κ3) is 10.9. The molecule has 19 rings (SSSR count). The number of benzene rings is 14. The summed E-state index contributed by atoms with van der Waals surface area (Å²) in [7, 11) is 0. The van der Waals surface area contributed by atoms with Crippen molar-refractivity contribution in [2.24, 2.45) is 0 Å². The van der Waals surface area contributed by atoms with Crippen molar-refractivity contribution >= 4 is 99.5 Å². The Morgan fingerprint density at radius 2 is 0.673 bits per heavy atom. The van der Waals surface area contributed by atoms with Crippen molar-refractivity contribution < 1.29 is 0 Å². The van der Waals surface area contributed by atoms with Crippen LogP contribution in [0.15, 0.2) is 297 Å². The molecule has 0 aliphatic carbocycles. The van der Waals surface area contributed by atoms with Crippen LogP contribution < -0.4 is 9.80 Å². The Morgan fingerprint density at radius 3 is 1.23 bits per heavy atom. The molecule has 2 aliphatic heterocycles. The molecule has 14 aromatic carbocycles. The second kappa shape index (κ2) is 24.8.